The Morgan fingerprint density at radius 3 is 2.55 bits per heavy atom. The molecule has 0 saturated heterocycles. The molecule has 31 heavy (non-hydrogen) atoms. The number of nitrogens with one attached hydrogen (secondary N) is 1. The monoisotopic (exact) mass is 408 g/mol. The number of benzene rings is 2. The number of aromatic nitrogens is 3. The standard InChI is InChI=1S/C25H20N4O2/c1-16-6-5-13-29-15-21(27-24(16)29)17-9-11-18(12-10-17)26-25(31)20-14-23(30)28(2)22-8-4-3-7-19(20)22/h3-15H,1-2H3,(H,26,31). The van der Waals surface area contributed by atoms with Crippen molar-refractivity contribution in [2.45, 2.75) is 6.92 Å². The van der Waals surface area contributed by atoms with Gasteiger partial charge in [0.15, 0.2) is 0 Å². The number of nitrogens with zero attached hydrogens (tertiary/aromatic N) is 3. The van der Waals surface area contributed by atoms with Crippen molar-refractivity contribution in [2.24, 2.45) is 7.05 Å². The van der Waals surface area contributed by atoms with Gasteiger partial charge in [-0.05, 0) is 36.8 Å². The predicted molar refractivity (Wildman–Crippen MR) is 123 cm³/mol. The molecule has 0 unspecified atom stereocenters. The Bertz CT molecular complexity index is 1510. The Morgan fingerprint density at radius 2 is 1.77 bits per heavy atom. The molecule has 5 rings (SSSR count). The molecule has 0 spiro atoms. The lowest BCUT2D eigenvalue weighted by atomic mass is 10.1. The molecule has 2 aromatic carbocycles. The van der Waals surface area contributed by atoms with Crippen LogP contribution >= 0.6 is 0 Å². The molecule has 0 fully saturated rings. The number of rotatable bonds is 3. The van der Waals surface area contributed by atoms with Gasteiger partial charge in [-0.25, -0.2) is 4.98 Å². The lowest BCUT2D eigenvalue weighted by Crippen LogP contribution is -2.21. The second kappa shape index (κ2) is 7.25. The summed E-state index contributed by atoms with van der Waals surface area (Å²) < 4.78 is 3.54. The number of carbonyl (C=O) groups is 1. The van der Waals surface area contributed by atoms with E-state index in [4.69, 9.17) is 4.98 Å². The molecule has 5 aromatic rings. The number of imidazole rings is 1. The first-order valence-corrected chi connectivity index (χ1v) is 9.96. The summed E-state index contributed by atoms with van der Waals surface area (Å²) in [6.07, 6.45) is 3.96. The molecule has 0 radical (unpaired) electrons. The maximum atomic E-state index is 12.9. The van der Waals surface area contributed by atoms with Crippen LogP contribution in [0.4, 0.5) is 5.69 Å². The molecule has 152 valence electrons. The highest BCUT2D eigenvalue weighted by Crippen LogP contribution is 2.23. The largest absolute Gasteiger partial charge is 0.322 e. The molecule has 0 atom stereocenters. The maximum Gasteiger partial charge on any atom is 0.256 e. The van der Waals surface area contributed by atoms with Gasteiger partial charge in [0.1, 0.15) is 5.65 Å². The summed E-state index contributed by atoms with van der Waals surface area (Å²) in [7, 11) is 1.70. The van der Waals surface area contributed by atoms with E-state index in [2.05, 4.69) is 5.32 Å². The van der Waals surface area contributed by atoms with Gasteiger partial charge in [-0.1, -0.05) is 36.4 Å². The number of pyridine rings is 2. The predicted octanol–water partition coefficient (Wildman–Crippen LogP) is 4.41. The van der Waals surface area contributed by atoms with Gasteiger partial charge < -0.3 is 14.3 Å². The van der Waals surface area contributed by atoms with Crippen molar-refractivity contribution in [2.75, 3.05) is 5.32 Å². The fraction of sp³-hybridized carbons (Fsp3) is 0.0800. The molecule has 6 heteroatoms. The van der Waals surface area contributed by atoms with E-state index in [0.29, 0.717) is 11.3 Å². The van der Waals surface area contributed by atoms with Gasteiger partial charge in [-0.2, -0.15) is 0 Å². The second-order valence-corrected chi connectivity index (χ2v) is 7.55. The van der Waals surface area contributed by atoms with Crippen LogP contribution in [0.15, 0.2) is 83.9 Å². The van der Waals surface area contributed by atoms with E-state index in [-0.39, 0.29) is 11.5 Å². The molecule has 1 N–H and O–H groups in total. The number of amides is 1. The maximum absolute atomic E-state index is 12.9. The van der Waals surface area contributed by atoms with Crippen molar-refractivity contribution < 1.29 is 4.79 Å². The van der Waals surface area contributed by atoms with Gasteiger partial charge >= 0.3 is 0 Å². The molecule has 0 bridgehead atoms. The van der Waals surface area contributed by atoms with Gasteiger partial charge in [-0.3, -0.25) is 9.59 Å². The smallest absolute Gasteiger partial charge is 0.256 e. The van der Waals surface area contributed by atoms with Crippen molar-refractivity contribution in [3.8, 4) is 11.3 Å². The summed E-state index contributed by atoms with van der Waals surface area (Å²) >= 11 is 0. The second-order valence-electron chi connectivity index (χ2n) is 7.55. The Morgan fingerprint density at radius 1 is 1.00 bits per heavy atom. The molecule has 0 saturated carbocycles. The fourth-order valence-electron chi connectivity index (χ4n) is 3.81. The topological polar surface area (TPSA) is 68.4 Å². The van der Waals surface area contributed by atoms with Gasteiger partial charge in [0.25, 0.3) is 11.5 Å². The first-order valence-electron chi connectivity index (χ1n) is 9.96. The molecule has 1 amide bonds. The summed E-state index contributed by atoms with van der Waals surface area (Å²) in [4.78, 5) is 29.9. The summed E-state index contributed by atoms with van der Waals surface area (Å²) in [6.45, 7) is 2.03. The molecule has 0 aliphatic carbocycles. The van der Waals surface area contributed by atoms with Crippen molar-refractivity contribution in [1.29, 1.82) is 0 Å². The Hall–Kier alpha value is -4.19. The highest BCUT2D eigenvalue weighted by atomic mass is 16.2. The van der Waals surface area contributed by atoms with Crippen LogP contribution in [0.1, 0.15) is 15.9 Å². The van der Waals surface area contributed by atoms with Crippen LogP contribution < -0.4 is 10.9 Å². The minimum absolute atomic E-state index is 0.221. The van der Waals surface area contributed by atoms with Crippen molar-refractivity contribution >= 4 is 28.1 Å². The normalized spacial score (nSPS) is 11.2. The summed E-state index contributed by atoms with van der Waals surface area (Å²) in [5.41, 5.74) is 5.37. The van der Waals surface area contributed by atoms with Crippen LogP contribution in [0.5, 0.6) is 0 Å². The molecule has 3 aromatic heterocycles. The minimum atomic E-state index is -0.315. The van der Waals surface area contributed by atoms with Crippen LogP contribution in [0, 0.1) is 6.92 Å². The first-order chi connectivity index (χ1) is 15.0. The number of hydrogen-bond donors (Lipinski definition) is 1. The zero-order valence-electron chi connectivity index (χ0n) is 17.2. The van der Waals surface area contributed by atoms with Crippen molar-refractivity contribution in [3.05, 3.63) is 101 Å². The van der Waals surface area contributed by atoms with Gasteiger partial charge in [0, 0.05) is 42.1 Å². The lowest BCUT2D eigenvalue weighted by molar-refractivity contribution is 0.102. The van der Waals surface area contributed by atoms with Crippen molar-refractivity contribution in [3.63, 3.8) is 0 Å². The number of aryl methyl sites for hydroxylation is 2. The molecule has 0 aliphatic heterocycles. The average molecular weight is 408 g/mol. The molecular formula is C25H20N4O2. The fourth-order valence-corrected chi connectivity index (χ4v) is 3.81. The zero-order valence-corrected chi connectivity index (χ0v) is 17.2. The van der Waals surface area contributed by atoms with Gasteiger partial charge in [-0.15, -0.1) is 0 Å². The number of hydrogen-bond acceptors (Lipinski definition) is 3. The SMILES string of the molecule is Cc1cccn2cc(-c3ccc(NC(=O)c4cc(=O)n(C)c5ccccc45)cc3)nc12. The summed E-state index contributed by atoms with van der Waals surface area (Å²) in [6, 6.07) is 20.3. The Labute approximate surface area is 178 Å². The molecular weight excluding hydrogens is 388 g/mol. The number of para-hydroxylation sites is 1. The van der Waals surface area contributed by atoms with Crippen LogP contribution in [0.2, 0.25) is 0 Å². The van der Waals surface area contributed by atoms with Crippen LogP contribution in [-0.4, -0.2) is 19.9 Å². The summed E-state index contributed by atoms with van der Waals surface area (Å²) in [5, 5.41) is 3.63. The van der Waals surface area contributed by atoms with Crippen molar-refractivity contribution in [1.82, 2.24) is 14.0 Å². The Kier molecular flexibility index (Phi) is 4.40. The number of carbonyl (C=O) groups excluding carboxylic acids is 1. The number of fused-ring (bicyclic) bond motifs is 2. The lowest BCUT2D eigenvalue weighted by Gasteiger charge is -2.11. The molecule has 6 nitrogen and oxygen atoms in total. The highest BCUT2D eigenvalue weighted by molar-refractivity contribution is 6.12. The Balaban J connectivity index is 1.44. The van der Waals surface area contributed by atoms with Gasteiger partial charge in [0.05, 0.1) is 16.8 Å². The minimum Gasteiger partial charge on any atom is -0.322 e. The molecule has 3 heterocycles. The van der Waals surface area contributed by atoms with Crippen LogP contribution in [0.3, 0.4) is 0 Å². The van der Waals surface area contributed by atoms with E-state index in [1.165, 1.54) is 10.6 Å². The first kappa shape index (κ1) is 18.8. The van der Waals surface area contributed by atoms with E-state index in [1.807, 2.05) is 84.4 Å². The number of anilines is 1. The highest BCUT2D eigenvalue weighted by Gasteiger charge is 2.14. The third-order valence-corrected chi connectivity index (χ3v) is 5.52. The zero-order chi connectivity index (χ0) is 21.5. The molecule has 0 aliphatic rings. The third-order valence-electron chi connectivity index (χ3n) is 5.52. The third kappa shape index (κ3) is 3.28. The summed E-state index contributed by atoms with van der Waals surface area (Å²) in [5.74, 6) is -0.315. The van der Waals surface area contributed by atoms with E-state index in [9.17, 15) is 9.59 Å². The van der Waals surface area contributed by atoms with Crippen LogP contribution in [0.25, 0.3) is 27.8 Å². The van der Waals surface area contributed by atoms with Gasteiger partial charge in [0.2, 0.25) is 0 Å². The van der Waals surface area contributed by atoms with E-state index < -0.39 is 0 Å². The van der Waals surface area contributed by atoms with E-state index in [1.54, 1.807) is 7.05 Å². The average Bonchev–Trinajstić information content (AvgIpc) is 3.22. The van der Waals surface area contributed by atoms with Crippen LogP contribution in [-0.2, 0) is 7.05 Å². The quantitative estimate of drug-likeness (QED) is 0.481. The van der Waals surface area contributed by atoms with E-state index in [0.717, 1.165) is 33.4 Å². The van der Waals surface area contributed by atoms with E-state index >= 15 is 0 Å².